The summed E-state index contributed by atoms with van der Waals surface area (Å²) < 4.78 is 34.7. The number of carbonyl (C=O) groups excluding carboxylic acids is 1. The number of para-hydroxylation sites is 2. The first kappa shape index (κ1) is 23.5. The maximum Gasteiger partial charge on any atom is 0.343 e. The Balaban J connectivity index is 1.61. The van der Waals surface area contributed by atoms with Crippen LogP contribution >= 0.6 is 11.6 Å². The number of benzene rings is 4. The summed E-state index contributed by atoms with van der Waals surface area (Å²) in [6.45, 7) is 0.425. The Morgan fingerprint density at radius 3 is 2.14 bits per heavy atom. The van der Waals surface area contributed by atoms with Crippen LogP contribution in [-0.2, 0) is 11.3 Å². The number of nitrogens with zero attached hydrogens (tertiary/aromatic N) is 2. The second-order valence-corrected chi connectivity index (χ2v) is 8.46. The van der Waals surface area contributed by atoms with Gasteiger partial charge in [0.1, 0.15) is 23.2 Å². The van der Waals surface area contributed by atoms with Gasteiger partial charge >= 0.3 is 5.97 Å². The lowest BCUT2D eigenvalue weighted by molar-refractivity contribution is 0.0693. The molecule has 0 saturated heterocycles. The molecule has 0 fully saturated rings. The first-order valence-electron chi connectivity index (χ1n) is 11.1. The summed E-state index contributed by atoms with van der Waals surface area (Å²) in [5.74, 6) is -0.884. The van der Waals surface area contributed by atoms with Gasteiger partial charge in [-0.05, 0) is 72.3 Å². The second kappa shape index (κ2) is 10.1. The van der Waals surface area contributed by atoms with Crippen molar-refractivity contribution >= 4 is 40.4 Å². The summed E-state index contributed by atoms with van der Waals surface area (Å²) >= 11 is 6.43. The molecule has 178 valence electrons. The first-order chi connectivity index (χ1) is 17.5. The van der Waals surface area contributed by atoms with Crippen LogP contribution in [0.15, 0.2) is 97.1 Å². The van der Waals surface area contributed by atoms with Crippen LogP contribution in [0.5, 0.6) is 0 Å². The Bertz CT molecular complexity index is 1580. The predicted octanol–water partition coefficient (Wildman–Crippen LogP) is 7.37. The smallest absolute Gasteiger partial charge is 0.343 e. The van der Waals surface area contributed by atoms with Gasteiger partial charge in [-0.2, -0.15) is 0 Å². The number of hydrogen-bond acceptors (Lipinski definition) is 3. The van der Waals surface area contributed by atoms with Gasteiger partial charge in [-0.1, -0.05) is 41.9 Å². The number of halogens is 3. The van der Waals surface area contributed by atoms with E-state index in [1.807, 2.05) is 53.1 Å². The molecule has 1 heterocycles. The minimum absolute atomic E-state index is 0.167. The average Bonchev–Trinajstić information content (AvgIpc) is 3.22. The fourth-order valence-electron chi connectivity index (χ4n) is 3.82. The van der Waals surface area contributed by atoms with Crippen LogP contribution in [0.4, 0.5) is 8.78 Å². The topological polar surface area (TPSA) is 44.1 Å². The number of carbonyl (C=O) groups is 1. The van der Waals surface area contributed by atoms with Gasteiger partial charge in [-0.3, -0.25) is 0 Å². The summed E-state index contributed by atoms with van der Waals surface area (Å²) in [7, 11) is 0. The number of rotatable bonds is 6. The molecule has 7 heteroatoms. The lowest BCUT2D eigenvalue weighted by atomic mass is 10.1. The molecule has 0 bridgehead atoms. The highest BCUT2D eigenvalue weighted by Crippen LogP contribution is 2.26. The summed E-state index contributed by atoms with van der Waals surface area (Å²) in [6.07, 6.45) is 1.63. The summed E-state index contributed by atoms with van der Waals surface area (Å²) in [6, 6.07) is 25.8. The molecule has 0 atom stereocenters. The molecule has 0 aliphatic heterocycles. The van der Waals surface area contributed by atoms with Crippen LogP contribution in [0, 0.1) is 11.6 Å². The van der Waals surface area contributed by atoms with Crippen molar-refractivity contribution in [1.29, 1.82) is 0 Å². The SMILES string of the molecule is O=C(O/C(=C/c1nc2ccccc2n1Cc1ccccc1Cl)c1ccc(F)cc1)c1ccc(F)cc1. The Hall–Kier alpha value is -4.29. The Labute approximate surface area is 211 Å². The zero-order valence-electron chi connectivity index (χ0n) is 18.9. The maximum atomic E-state index is 13.6. The lowest BCUT2D eigenvalue weighted by Crippen LogP contribution is -2.07. The van der Waals surface area contributed by atoms with Crippen molar-refractivity contribution in [1.82, 2.24) is 9.55 Å². The number of hydrogen-bond donors (Lipinski definition) is 0. The minimum atomic E-state index is -0.681. The van der Waals surface area contributed by atoms with Crippen LogP contribution in [0.2, 0.25) is 5.02 Å². The monoisotopic (exact) mass is 500 g/mol. The van der Waals surface area contributed by atoms with Crippen molar-refractivity contribution < 1.29 is 18.3 Å². The van der Waals surface area contributed by atoms with Crippen molar-refractivity contribution in [3.8, 4) is 0 Å². The average molecular weight is 501 g/mol. The van der Waals surface area contributed by atoms with Gasteiger partial charge in [-0.15, -0.1) is 0 Å². The molecule has 1 aromatic heterocycles. The Morgan fingerprint density at radius 1 is 0.833 bits per heavy atom. The van der Waals surface area contributed by atoms with E-state index in [-0.39, 0.29) is 11.3 Å². The summed E-state index contributed by atoms with van der Waals surface area (Å²) in [4.78, 5) is 17.6. The predicted molar refractivity (Wildman–Crippen MR) is 136 cm³/mol. The van der Waals surface area contributed by atoms with E-state index < -0.39 is 17.6 Å². The normalized spacial score (nSPS) is 11.6. The molecule has 0 aliphatic rings. The number of esters is 1. The van der Waals surface area contributed by atoms with E-state index in [1.165, 1.54) is 48.5 Å². The van der Waals surface area contributed by atoms with Crippen LogP contribution in [-0.4, -0.2) is 15.5 Å². The third kappa shape index (κ3) is 5.04. The molecule has 5 aromatic rings. The highest BCUT2D eigenvalue weighted by Gasteiger charge is 2.17. The standard InChI is InChI=1S/C29H19ClF2N2O2/c30-24-6-2-1-5-21(24)18-34-26-8-4-3-7-25(26)33-28(34)17-27(19-9-13-22(31)14-10-19)36-29(35)20-11-15-23(32)16-12-20/h1-17H,18H2/b27-17+. The fraction of sp³-hybridized carbons (Fsp3) is 0.0345. The van der Waals surface area contributed by atoms with Gasteiger partial charge in [-0.25, -0.2) is 18.6 Å². The highest BCUT2D eigenvalue weighted by molar-refractivity contribution is 6.31. The van der Waals surface area contributed by atoms with Gasteiger partial charge in [0.2, 0.25) is 0 Å². The van der Waals surface area contributed by atoms with Crippen LogP contribution in [0.25, 0.3) is 22.9 Å². The van der Waals surface area contributed by atoms with E-state index in [0.29, 0.717) is 23.0 Å². The zero-order chi connectivity index (χ0) is 25.1. The number of fused-ring (bicyclic) bond motifs is 1. The minimum Gasteiger partial charge on any atom is -0.422 e. The molecule has 4 nitrogen and oxygen atoms in total. The van der Waals surface area contributed by atoms with E-state index in [9.17, 15) is 13.6 Å². The molecule has 0 spiro atoms. The molecule has 0 amide bonds. The molecular formula is C29H19ClF2N2O2. The molecule has 4 aromatic carbocycles. The van der Waals surface area contributed by atoms with Gasteiger partial charge in [0.15, 0.2) is 0 Å². The Morgan fingerprint density at radius 2 is 1.44 bits per heavy atom. The van der Waals surface area contributed by atoms with Crippen molar-refractivity contribution in [2.75, 3.05) is 0 Å². The van der Waals surface area contributed by atoms with Crippen molar-refractivity contribution in [3.05, 3.63) is 136 Å². The van der Waals surface area contributed by atoms with Gasteiger partial charge in [0.05, 0.1) is 23.1 Å². The second-order valence-electron chi connectivity index (χ2n) is 8.05. The largest absolute Gasteiger partial charge is 0.422 e. The van der Waals surface area contributed by atoms with Crippen LogP contribution in [0.3, 0.4) is 0 Å². The molecule has 0 unspecified atom stereocenters. The number of ether oxygens (including phenoxy) is 1. The molecular weight excluding hydrogens is 482 g/mol. The summed E-state index contributed by atoms with van der Waals surface area (Å²) in [5.41, 5.74) is 3.16. The van der Waals surface area contributed by atoms with Crippen molar-refractivity contribution in [3.63, 3.8) is 0 Å². The van der Waals surface area contributed by atoms with Gasteiger partial charge in [0.25, 0.3) is 0 Å². The van der Waals surface area contributed by atoms with E-state index in [0.717, 1.165) is 16.6 Å². The third-order valence-electron chi connectivity index (χ3n) is 5.64. The first-order valence-corrected chi connectivity index (χ1v) is 11.5. The van der Waals surface area contributed by atoms with Crippen LogP contribution < -0.4 is 0 Å². The van der Waals surface area contributed by atoms with Gasteiger partial charge in [0, 0.05) is 16.7 Å². The molecule has 36 heavy (non-hydrogen) atoms. The van der Waals surface area contributed by atoms with Crippen molar-refractivity contribution in [2.24, 2.45) is 0 Å². The number of imidazole rings is 1. The lowest BCUT2D eigenvalue weighted by Gasteiger charge is -2.12. The Kier molecular flexibility index (Phi) is 6.60. The highest BCUT2D eigenvalue weighted by atomic mass is 35.5. The van der Waals surface area contributed by atoms with E-state index in [1.54, 1.807) is 6.08 Å². The molecule has 0 saturated carbocycles. The maximum absolute atomic E-state index is 13.6. The van der Waals surface area contributed by atoms with E-state index >= 15 is 0 Å². The molecule has 5 rings (SSSR count). The zero-order valence-corrected chi connectivity index (χ0v) is 19.6. The van der Waals surface area contributed by atoms with Crippen LogP contribution in [0.1, 0.15) is 27.3 Å². The molecule has 0 N–H and O–H groups in total. The fourth-order valence-corrected chi connectivity index (χ4v) is 4.01. The molecule has 0 radical (unpaired) electrons. The van der Waals surface area contributed by atoms with E-state index in [4.69, 9.17) is 21.3 Å². The quantitative estimate of drug-likeness (QED) is 0.180. The van der Waals surface area contributed by atoms with Crippen molar-refractivity contribution in [2.45, 2.75) is 6.54 Å². The third-order valence-corrected chi connectivity index (χ3v) is 6.01. The van der Waals surface area contributed by atoms with E-state index in [2.05, 4.69) is 0 Å². The summed E-state index contributed by atoms with van der Waals surface area (Å²) in [5, 5.41) is 0.617. The molecule has 0 aliphatic carbocycles. The number of aromatic nitrogens is 2. The van der Waals surface area contributed by atoms with Gasteiger partial charge < -0.3 is 9.30 Å².